The number of carbonyl (C=O) groups excluding carboxylic acids is 1. The van der Waals surface area contributed by atoms with E-state index in [1.165, 1.54) is 4.31 Å². The van der Waals surface area contributed by atoms with Crippen LogP contribution in [0.4, 0.5) is 22.4 Å². The predicted octanol–water partition coefficient (Wildman–Crippen LogP) is 1.74. The summed E-state index contributed by atoms with van der Waals surface area (Å²) in [6.07, 6.45) is -8.92. The van der Waals surface area contributed by atoms with E-state index in [1.54, 1.807) is 19.0 Å². The zero-order chi connectivity index (χ0) is 29.8. The number of rotatable bonds is 10. The predicted molar refractivity (Wildman–Crippen MR) is 134 cm³/mol. The number of hydrogen-bond acceptors (Lipinski definition) is 10. The molecule has 0 bridgehead atoms. The molecule has 1 amide bonds. The van der Waals surface area contributed by atoms with Gasteiger partial charge in [0.2, 0.25) is 0 Å². The number of morpholine rings is 1. The van der Waals surface area contributed by atoms with Crippen molar-refractivity contribution >= 4 is 24.3 Å². The fraction of sp³-hybridized carbons (Fsp3) is 0.682. The second kappa shape index (κ2) is 13.1. The minimum absolute atomic E-state index is 0.0534. The molecular weight excluding hydrogens is 589 g/mol. The fourth-order valence-electron chi connectivity index (χ4n) is 4.15. The summed E-state index contributed by atoms with van der Waals surface area (Å²) >= 11 is 0. The molecule has 2 aliphatic heterocycles. The summed E-state index contributed by atoms with van der Waals surface area (Å²) in [5, 5.41) is 0. The van der Waals surface area contributed by atoms with Crippen LogP contribution in [0.3, 0.4) is 0 Å². The van der Waals surface area contributed by atoms with Gasteiger partial charge in [0.1, 0.15) is 5.82 Å². The topological polar surface area (TPSA) is 138 Å². The van der Waals surface area contributed by atoms with Crippen molar-refractivity contribution in [1.82, 2.24) is 14.1 Å². The number of sulfonamides is 1. The van der Waals surface area contributed by atoms with E-state index in [2.05, 4.69) is 9.26 Å². The summed E-state index contributed by atoms with van der Waals surface area (Å²) in [5.41, 5.74) is -0.975. The number of likely N-dealkylation sites (tertiary alicyclic amines) is 1. The standard InChI is InChI=1S/C22H34F4N3O9PS/c1-27(2)11-14-36-39(31,32)37-15-19(22(24,25)26)38-20(30)28-9-7-21(8-10-28)16-29(12-13-35-21)40(33,34)18-5-3-17(23)4-6-18/h3-6,19,31-32,39H,7-16H2,1-2H3/t19-/m1/s1. The van der Waals surface area contributed by atoms with Crippen LogP contribution >= 0.6 is 8.17 Å². The van der Waals surface area contributed by atoms with Crippen molar-refractivity contribution < 1.29 is 59.1 Å². The summed E-state index contributed by atoms with van der Waals surface area (Å²) < 4.78 is 101. The number of likely N-dealkylation sites (N-methyl/N-ethyl adjacent to an activating group) is 1. The van der Waals surface area contributed by atoms with Crippen LogP contribution in [-0.2, 0) is 28.5 Å². The first kappa shape index (κ1) is 32.8. The van der Waals surface area contributed by atoms with E-state index in [0.29, 0.717) is 0 Å². The second-order valence-electron chi connectivity index (χ2n) is 9.74. The number of piperidine rings is 1. The van der Waals surface area contributed by atoms with Crippen LogP contribution < -0.4 is 0 Å². The van der Waals surface area contributed by atoms with Gasteiger partial charge in [-0.15, -0.1) is 0 Å². The normalized spacial score (nSPS) is 20.1. The molecule has 1 atom stereocenters. The van der Waals surface area contributed by atoms with Crippen molar-refractivity contribution in [1.29, 1.82) is 0 Å². The maximum atomic E-state index is 13.5. The molecular formula is C22H34F4N3O9PS. The molecule has 1 aromatic rings. The molecule has 0 radical (unpaired) electrons. The van der Waals surface area contributed by atoms with Crippen molar-refractivity contribution in [2.24, 2.45) is 0 Å². The molecule has 1 aromatic carbocycles. The van der Waals surface area contributed by atoms with Gasteiger partial charge in [-0.25, -0.2) is 12.8 Å². The summed E-state index contributed by atoms with van der Waals surface area (Å²) in [5.74, 6) is -0.585. The maximum absolute atomic E-state index is 13.5. The molecule has 230 valence electrons. The van der Waals surface area contributed by atoms with Gasteiger partial charge in [0.05, 0.1) is 4.90 Å². The third-order valence-electron chi connectivity index (χ3n) is 6.46. The minimum atomic E-state index is -5.07. The first-order valence-electron chi connectivity index (χ1n) is 12.3. The zero-order valence-corrected chi connectivity index (χ0v) is 23.8. The molecule has 0 aromatic heterocycles. The van der Waals surface area contributed by atoms with Crippen LogP contribution in [0.15, 0.2) is 29.2 Å². The average molecular weight is 624 g/mol. The molecule has 40 heavy (non-hydrogen) atoms. The number of ether oxygens (including phenoxy) is 2. The van der Waals surface area contributed by atoms with Gasteiger partial charge in [-0.3, -0.25) is 0 Å². The van der Waals surface area contributed by atoms with Gasteiger partial charge in [-0.1, -0.05) is 0 Å². The van der Waals surface area contributed by atoms with Gasteiger partial charge in [0.15, 0.2) is 0 Å². The number of alkyl halides is 3. The second-order valence-corrected chi connectivity index (χ2v) is 13.3. The van der Waals surface area contributed by atoms with Crippen LogP contribution in [0.2, 0.25) is 0 Å². The van der Waals surface area contributed by atoms with Crippen LogP contribution in [-0.4, -0.2) is 123 Å². The first-order chi connectivity index (χ1) is 18.5. The average Bonchev–Trinajstić information content (AvgIpc) is 2.86. The van der Waals surface area contributed by atoms with E-state index in [0.717, 1.165) is 29.2 Å². The van der Waals surface area contributed by atoms with E-state index >= 15 is 0 Å². The Morgan fingerprint density at radius 1 is 1.15 bits per heavy atom. The molecule has 0 saturated carbocycles. The molecule has 3 rings (SSSR count). The van der Waals surface area contributed by atoms with Gasteiger partial charge in [0.25, 0.3) is 0 Å². The van der Waals surface area contributed by atoms with E-state index in [1.807, 2.05) is 0 Å². The van der Waals surface area contributed by atoms with Gasteiger partial charge < -0.3 is 0 Å². The number of carbonyl (C=O) groups is 1. The summed E-state index contributed by atoms with van der Waals surface area (Å²) in [4.78, 5) is 34.7. The van der Waals surface area contributed by atoms with Crippen molar-refractivity contribution in [3.05, 3.63) is 30.1 Å². The Morgan fingerprint density at radius 2 is 1.77 bits per heavy atom. The molecule has 2 heterocycles. The van der Waals surface area contributed by atoms with E-state index in [-0.39, 0.29) is 63.7 Å². The Balaban J connectivity index is 1.56. The SMILES string of the molecule is CN(C)CCO[PH](O)(O)OC[C@@H](OC(=O)N1CCC2(CC1)CN(S(=O)(=O)c1ccc(F)cc1)CCO2)C(F)(F)F. The molecule has 2 aliphatic rings. The Labute approximate surface area is 230 Å². The monoisotopic (exact) mass is 623 g/mol. The fourth-order valence-corrected chi connectivity index (χ4v) is 6.46. The molecule has 2 N–H and O–H groups in total. The van der Waals surface area contributed by atoms with Crippen molar-refractivity contribution in [3.63, 3.8) is 0 Å². The number of benzene rings is 1. The molecule has 0 unspecified atom stereocenters. The van der Waals surface area contributed by atoms with Crippen molar-refractivity contribution in [2.45, 2.75) is 35.6 Å². The summed E-state index contributed by atoms with van der Waals surface area (Å²) in [6, 6.07) is 4.38. The van der Waals surface area contributed by atoms with E-state index in [4.69, 9.17) is 9.26 Å². The number of hydrogen-bond donors (Lipinski definition) is 2. The van der Waals surface area contributed by atoms with Crippen LogP contribution in [0.1, 0.15) is 12.8 Å². The third kappa shape index (κ3) is 8.90. The Kier molecular flexibility index (Phi) is 10.7. The van der Waals surface area contributed by atoms with Gasteiger partial charge in [-0.05, 0) is 24.3 Å². The molecule has 0 aliphatic carbocycles. The van der Waals surface area contributed by atoms with Crippen LogP contribution in [0.25, 0.3) is 0 Å². The number of halogens is 4. The Hall–Kier alpha value is -1.69. The van der Waals surface area contributed by atoms with Gasteiger partial charge in [0, 0.05) is 0 Å². The van der Waals surface area contributed by atoms with E-state index < -0.39 is 54.6 Å². The Morgan fingerprint density at radius 3 is 2.35 bits per heavy atom. The Bertz CT molecular complexity index is 1100. The summed E-state index contributed by atoms with van der Waals surface area (Å²) in [7, 11) is -5.50. The van der Waals surface area contributed by atoms with Crippen LogP contribution in [0.5, 0.6) is 0 Å². The molecule has 12 nitrogen and oxygen atoms in total. The molecule has 2 fully saturated rings. The first-order valence-corrected chi connectivity index (χ1v) is 15.5. The number of amides is 1. The molecule has 18 heteroatoms. The van der Waals surface area contributed by atoms with Crippen molar-refractivity contribution in [2.75, 3.05) is 66.6 Å². The van der Waals surface area contributed by atoms with Gasteiger partial charge >= 0.3 is 182 Å². The van der Waals surface area contributed by atoms with Crippen molar-refractivity contribution in [3.8, 4) is 0 Å². The zero-order valence-electron chi connectivity index (χ0n) is 22.0. The third-order valence-corrected chi connectivity index (χ3v) is 9.44. The van der Waals surface area contributed by atoms with Crippen LogP contribution in [0, 0.1) is 5.82 Å². The quantitative estimate of drug-likeness (QED) is 0.293. The van der Waals surface area contributed by atoms with Gasteiger partial charge in [-0.2, -0.15) is 0 Å². The summed E-state index contributed by atoms with van der Waals surface area (Å²) in [6.45, 7) is -1.43. The molecule has 1 spiro atoms. The van der Waals surface area contributed by atoms with E-state index in [9.17, 15) is 40.6 Å². The number of nitrogens with zero attached hydrogens (tertiary/aromatic N) is 3. The molecule has 2 saturated heterocycles.